The van der Waals surface area contributed by atoms with E-state index in [1.54, 1.807) is 9.80 Å². The molecule has 1 unspecified atom stereocenters. The van der Waals surface area contributed by atoms with E-state index in [1.807, 2.05) is 13.8 Å². The van der Waals surface area contributed by atoms with Crippen LogP contribution in [-0.2, 0) is 14.3 Å². The molecule has 0 bridgehead atoms. The summed E-state index contributed by atoms with van der Waals surface area (Å²) in [5, 5.41) is 0. The van der Waals surface area contributed by atoms with Gasteiger partial charge in [0.25, 0.3) is 0 Å². The Labute approximate surface area is 114 Å². The lowest BCUT2D eigenvalue weighted by atomic mass is 10.0. The number of hydrogen-bond donors (Lipinski definition) is 0. The molecule has 1 atom stereocenters. The number of carbonyl (C=O) groups is 2. The van der Waals surface area contributed by atoms with Gasteiger partial charge >= 0.3 is 0 Å². The highest BCUT2D eigenvalue weighted by Crippen LogP contribution is 2.22. The topological polar surface area (TPSA) is 49.9 Å². The van der Waals surface area contributed by atoms with Crippen LogP contribution in [0.4, 0.5) is 0 Å². The summed E-state index contributed by atoms with van der Waals surface area (Å²) < 4.78 is 5.50. The van der Waals surface area contributed by atoms with Crippen molar-refractivity contribution in [3.63, 3.8) is 0 Å². The van der Waals surface area contributed by atoms with Crippen LogP contribution < -0.4 is 0 Å². The third-order valence-corrected chi connectivity index (χ3v) is 3.83. The zero-order chi connectivity index (χ0) is 13.8. The predicted molar refractivity (Wildman–Crippen MR) is 71.6 cm³/mol. The Morgan fingerprint density at radius 2 is 2.05 bits per heavy atom. The molecule has 108 valence electrons. The van der Waals surface area contributed by atoms with E-state index in [2.05, 4.69) is 0 Å². The van der Waals surface area contributed by atoms with Crippen LogP contribution in [0.2, 0.25) is 0 Å². The highest BCUT2D eigenvalue weighted by Gasteiger charge is 2.37. The summed E-state index contributed by atoms with van der Waals surface area (Å²) in [6, 6.07) is -0.220. The maximum atomic E-state index is 12.5. The maximum absolute atomic E-state index is 12.5. The van der Waals surface area contributed by atoms with Crippen molar-refractivity contribution in [1.82, 2.24) is 9.80 Å². The zero-order valence-corrected chi connectivity index (χ0v) is 11.9. The van der Waals surface area contributed by atoms with Gasteiger partial charge in [-0.2, -0.15) is 0 Å². The van der Waals surface area contributed by atoms with Crippen molar-refractivity contribution in [1.29, 1.82) is 0 Å². The zero-order valence-electron chi connectivity index (χ0n) is 11.9. The molecule has 2 saturated heterocycles. The van der Waals surface area contributed by atoms with Gasteiger partial charge in [0.1, 0.15) is 6.04 Å². The van der Waals surface area contributed by atoms with Gasteiger partial charge in [0, 0.05) is 26.1 Å². The number of ether oxygens (including phenoxy) is 1. The SMILES string of the molecule is CC(C)OCCN1CCC(=O)N2CCCCC2C1=O. The van der Waals surface area contributed by atoms with Gasteiger partial charge < -0.3 is 14.5 Å². The number of carbonyl (C=O) groups excluding carboxylic acids is 2. The van der Waals surface area contributed by atoms with Crippen LogP contribution in [0.1, 0.15) is 39.5 Å². The molecule has 5 heteroatoms. The standard InChI is InChI=1S/C14H24N2O3/c1-11(2)19-10-9-15-8-6-13(17)16-7-4-3-5-12(16)14(15)18/h11-12H,3-10H2,1-2H3. The Balaban J connectivity index is 1.97. The van der Waals surface area contributed by atoms with Crippen LogP contribution >= 0.6 is 0 Å². The van der Waals surface area contributed by atoms with Crippen molar-refractivity contribution in [2.24, 2.45) is 0 Å². The molecule has 2 aliphatic heterocycles. The van der Waals surface area contributed by atoms with Gasteiger partial charge in [0.15, 0.2) is 0 Å². The van der Waals surface area contributed by atoms with Gasteiger partial charge in [0.05, 0.1) is 12.7 Å². The maximum Gasteiger partial charge on any atom is 0.245 e. The Kier molecular flexibility index (Phi) is 4.80. The first-order valence-corrected chi connectivity index (χ1v) is 7.29. The second kappa shape index (κ2) is 6.37. The molecule has 5 nitrogen and oxygen atoms in total. The third-order valence-electron chi connectivity index (χ3n) is 3.83. The van der Waals surface area contributed by atoms with E-state index >= 15 is 0 Å². The summed E-state index contributed by atoms with van der Waals surface area (Å²) in [7, 11) is 0. The van der Waals surface area contributed by atoms with Crippen LogP contribution in [0.15, 0.2) is 0 Å². The minimum atomic E-state index is -0.220. The molecule has 2 amide bonds. The molecule has 2 fully saturated rings. The van der Waals surface area contributed by atoms with Crippen LogP contribution in [0.3, 0.4) is 0 Å². The Hall–Kier alpha value is -1.10. The van der Waals surface area contributed by atoms with E-state index in [-0.39, 0.29) is 24.0 Å². The van der Waals surface area contributed by atoms with E-state index in [1.165, 1.54) is 0 Å². The summed E-state index contributed by atoms with van der Waals surface area (Å²) in [4.78, 5) is 28.1. The molecule has 19 heavy (non-hydrogen) atoms. The lowest BCUT2D eigenvalue weighted by Crippen LogP contribution is -2.50. The average molecular weight is 268 g/mol. The molecule has 0 aromatic rings. The Bertz CT molecular complexity index is 344. The van der Waals surface area contributed by atoms with Gasteiger partial charge in [-0.15, -0.1) is 0 Å². The first kappa shape index (κ1) is 14.3. The van der Waals surface area contributed by atoms with Gasteiger partial charge in [0.2, 0.25) is 11.8 Å². The second-order valence-corrected chi connectivity index (χ2v) is 5.59. The van der Waals surface area contributed by atoms with Crippen LogP contribution in [-0.4, -0.2) is 60.0 Å². The Morgan fingerprint density at radius 3 is 2.79 bits per heavy atom. The van der Waals surface area contributed by atoms with Gasteiger partial charge in [-0.3, -0.25) is 9.59 Å². The summed E-state index contributed by atoms with van der Waals surface area (Å²) in [5.74, 6) is 0.239. The first-order chi connectivity index (χ1) is 9.09. The van der Waals surface area contributed by atoms with Crippen molar-refractivity contribution in [2.75, 3.05) is 26.2 Å². The van der Waals surface area contributed by atoms with Crippen molar-refractivity contribution in [3.8, 4) is 0 Å². The fourth-order valence-electron chi connectivity index (χ4n) is 2.80. The monoisotopic (exact) mass is 268 g/mol. The molecule has 0 saturated carbocycles. The lowest BCUT2D eigenvalue weighted by Gasteiger charge is -2.34. The van der Waals surface area contributed by atoms with Crippen LogP contribution in [0.5, 0.6) is 0 Å². The van der Waals surface area contributed by atoms with E-state index in [9.17, 15) is 9.59 Å². The quantitative estimate of drug-likeness (QED) is 0.765. The molecule has 0 radical (unpaired) electrons. The number of hydrogen-bond acceptors (Lipinski definition) is 3. The summed E-state index contributed by atoms with van der Waals surface area (Å²) in [6.45, 7) is 6.38. The molecule has 2 aliphatic rings. The normalized spacial score (nSPS) is 24.7. The fraction of sp³-hybridized carbons (Fsp3) is 0.857. The predicted octanol–water partition coefficient (Wildman–Crippen LogP) is 1.02. The molecular formula is C14H24N2O3. The summed E-state index contributed by atoms with van der Waals surface area (Å²) >= 11 is 0. The molecule has 0 spiro atoms. The highest BCUT2D eigenvalue weighted by atomic mass is 16.5. The first-order valence-electron chi connectivity index (χ1n) is 7.29. The molecular weight excluding hydrogens is 244 g/mol. The molecule has 0 aliphatic carbocycles. The van der Waals surface area contributed by atoms with Crippen LogP contribution in [0, 0.1) is 0 Å². The molecule has 2 heterocycles. The molecule has 0 N–H and O–H groups in total. The largest absolute Gasteiger partial charge is 0.377 e. The lowest BCUT2D eigenvalue weighted by molar-refractivity contribution is -0.143. The summed E-state index contributed by atoms with van der Waals surface area (Å²) in [5.41, 5.74) is 0. The van der Waals surface area contributed by atoms with Crippen molar-refractivity contribution in [3.05, 3.63) is 0 Å². The smallest absolute Gasteiger partial charge is 0.245 e. The van der Waals surface area contributed by atoms with E-state index in [4.69, 9.17) is 4.74 Å². The molecule has 2 rings (SSSR count). The third kappa shape index (κ3) is 3.47. The minimum Gasteiger partial charge on any atom is -0.377 e. The van der Waals surface area contributed by atoms with Crippen LogP contribution in [0.25, 0.3) is 0 Å². The fourth-order valence-corrected chi connectivity index (χ4v) is 2.80. The average Bonchev–Trinajstić information content (AvgIpc) is 2.51. The van der Waals surface area contributed by atoms with E-state index in [0.717, 1.165) is 25.8 Å². The van der Waals surface area contributed by atoms with E-state index < -0.39 is 0 Å². The number of rotatable bonds is 4. The van der Waals surface area contributed by atoms with Crippen molar-refractivity contribution >= 4 is 11.8 Å². The van der Waals surface area contributed by atoms with Gasteiger partial charge in [-0.1, -0.05) is 0 Å². The number of fused-ring (bicyclic) bond motifs is 1. The van der Waals surface area contributed by atoms with E-state index in [0.29, 0.717) is 26.1 Å². The van der Waals surface area contributed by atoms with Gasteiger partial charge in [-0.25, -0.2) is 0 Å². The summed E-state index contributed by atoms with van der Waals surface area (Å²) in [6.07, 6.45) is 3.49. The Morgan fingerprint density at radius 1 is 1.26 bits per heavy atom. The number of piperidine rings is 1. The van der Waals surface area contributed by atoms with Gasteiger partial charge in [-0.05, 0) is 33.1 Å². The van der Waals surface area contributed by atoms with Crippen molar-refractivity contribution < 1.29 is 14.3 Å². The highest BCUT2D eigenvalue weighted by molar-refractivity contribution is 5.90. The molecule has 0 aromatic carbocycles. The number of amides is 2. The van der Waals surface area contributed by atoms with Crippen molar-refractivity contribution in [2.45, 2.75) is 51.7 Å². The number of nitrogens with zero attached hydrogens (tertiary/aromatic N) is 2. The molecule has 0 aromatic heterocycles. The second-order valence-electron chi connectivity index (χ2n) is 5.59. The minimum absolute atomic E-state index is 0.109.